The van der Waals surface area contributed by atoms with Crippen LogP contribution in [0.25, 0.3) is 0 Å². The fourth-order valence-electron chi connectivity index (χ4n) is 2.94. The molecule has 0 spiro atoms. The number of amides is 1. The molecule has 0 bridgehead atoms. The lowest BCUT2D eigenvalue weighted by atomic mass is 9.83. The minimum Gasteiger partial charge on any atom is -0.480 e. The smallest absolute Gasteiger partial charge is 0.411 e. The molecule has 0 aliphatic heterocycles. The van der Waals surface area contributed by atoms with Crippen LogP contribution in [0.2, 0.25) is 0 Å². The Balaban J connectivity index is 2.91. The van der Waals surface area contributed by atoms with E-state index in [2.05, 4.69) is 0 Å². The number of nitrogens with zero attached hydrogens (tertiary/aromatic N) is 1. The van der Waals surface area contributed by atoms with Gasteiger partial charge in [0.25, 0.3) is 0 Å². The molecule has 1 aliphatic rings. The SMILES string of the molecule is CCCN(C(=O)OC(C)(C)C)C(C(=O)O)C1CCCCC1. The Hall–Kier alpha value is -1.26. The van der Waals surface area contributed by atoms with E-state index in [1.54, 1.807) is 20.8 Å². The van der Waals surface area contributed by atoms with Crippen LogP contribution in [-0.2, 0) is 9.53 Å². The van der Waals surface area contributed by atoms with Gasteiger partial charge >= 0.3 is 12.1 Å². The maximum Gasteiger partial charge on any atom is 0.411 e. The average Bonchev–Trinajstić information content (AvgIpc) is 2.37. The van der Waals surface area contributed by atoms with E-state index in [4.69, 9.17) is 4.74 Å². The minimum atomic E-state index is -0.916. The molecule has 1 fully saturated rings. The molecule has 0 saturated heterocycles. The van der Waals surface area contributed by atoms with Gasteiger partial charge in [-0.05, 0) is 46.0 Å². The number of rotatable bonds is 5. The molecule has 21 heavy (non-hydrogen) atoms. The molecular weight excluding hydrogens is 270 g/mol. The van der Waals surface area contributed by atoms with Crippen molar-refractivity contribution in [3.63, 3.8) is 0 Å². The number of hydrogen-bond donors (Lipinski definition) is 1. The topological polar surface area (TPSA) is 66.8 Å². The zero-order chi connectivity index (χ0) is 16.0. The van der Waals surface area contributed by atoms with E-state index in [-0.39, 0.29) is 5.92 Å². The molecule has 1 N–H and O–H groups in total. The van der Waals surface area contributed by atoms with Gasteiger partial charge in [0, 0.05) is 6.54 Å². The van der Waals surface area contributed by atoms with Crippen molar-refractivity contribution in [2.75, 3.05) is 6.54 Å². The van der Waals surface area contributed by atoms with Crippen LogP contribution in [0, 0.1) is 5.92 Å². The number of carbonyl (C=O) groups excluding carboxylic acids is 1. The molecule has 5 heteroatoms. The lowest BCUT2D eigenvalue weighted by Crippen LogP contribution is -2.51. The van der Waals surface area contributed by atoms with Crippen molar-refractivity contribution in [2.45, 2.75) is 77.9 Å². The van der Waals surface area contributed by atoms with Crippen LogP contribution in [0.4, 0.5) is 4.79 Å². The first-order valence-electron chi connectivity index (χ1n) is 7.98. The highest BCUT2D eigenvalue weighted by Crippen LogP contribution is 2.30. The highest BCUT2D eigenvalue weighted by molar-refractivity contribution is 5.80. The third kappa shape index (κ3) is 5.56. The van der Waals surface area contributed by atoms with Gasteiger partial charge in [-0.15, -0.1) is 0 Å². The fraction of sp³-hybridized carbons (Fsp3) is 0.875. The third-order valence-corrected chi connectivity index (χ3v) is 3.78. The van der Waals surface area contributed by atoms with Crippen LogP contribution in [0.3, 0.4) is 0 Å². The molecule has 1 aliphatic carbocycles. The van der Waals surface area contributed by atoms with E-state index in [1.807, 2.05) is 6.92 Å². The summed E-state index contributed by atoms with van der Waals surface area (Å²) in [6.07, 6.45) is 5.20. The second-order valence-electron chi connectivity index (χ2n) is 6.85. The van der Waals surface area contributed by atoms with Gasteiger partial charge < -0.3 is 9.84 Å². The molecule has 0 aromatic rings. The summed E-state index contributed by atoms with van der Waals surface area (Å²) in [5.74, 6) is -0.878. The standard InChI is InChI=1S/C16H29NO4/c1-5-11-17(15(20)21-16(2,3)4)13(14(18)19)12-9-7-6-8-10-12/h12-13H,5-11H2,1-4H3,(H,18,19). The van der Waals surface area contributed by atoms with Gasteiger partial charge in [0.1, 0.15) is 11.6 Å². The summed E-state index contributed by atoms with van der Waals surface area (Å²) in [5.41, 5.74) is -0.612. The van der Waals surface area contributed by atoms with E-state index in [1.165, 1.54) is 4.90 Å². The van der Waals surface area contributed by atoms with Crippen molar-refractivity contribution < 1.29 is 19.4 Å². The minimum absolute atomic E-state index is 0.0373. The predicted octanol–water partition coefficient (Wildman–Crippen LogP) is 3.67. The maximum atomic E-state index is 12.4. The maximum absolute atomic E-state index is 12.4. The number of carbonyl (C=O) groups is 2. The van der Waals surface area contributed by atoms with Gasteiger partial charge in [-0.2, -0.15) is 0 Å². The number of hydrogen-bond acceptors (Lipinski definition) is 3. The summed E-state index contributed by atoms with van der Waals surface area (Å²) in [7, 11) is 0. The van der Waals surface area contributed by atoms with Crippen LogP contribution < -0.4 is 0 Å². The monoisotopic (exact) mass is 299 g/mol. The van der Waals surface area contributed by atoms with Gasteiger partial charge in [-0.25, -0.2) is 9.59 Å². The summed E-state index contributed by atoms with van der Waals surface area (Å²) >= 11 is 0. The van der Waals surface area contributed by atoms with Crippen molar-refractivity contribution >= 4 is 12.1 Å². The van der Waals surface area contributed by atoms with Crippen molar-refractivity contribution in [3.05, 3.63) is 0 Å². The first-order valence-corrected chi connectivity index (χ1v) is 7.98. The number of ether oxygens (including phenoxy) is 1. The summed E-state index contributed by atoms with van der Waals surface area (Å²) < 4.78 is 5.40. The average molecular weight is 299 g/mol. The summed E-state index contributed by atoms with van der Waals surface area (Å²) in [4.78, 5) is 25.5. The number of carboxylic acid groups (broad SMARTS) is 1. The van der Waals surface area contributed by atoms with Crippen LogP contribution >= 0.6 is 0 Å². The van der Waals surface area contributed by atoms with E-state index in [0.29, 0.717) is 6.54 Å². The molecule has 1 saturated carbocycles. The van der Waals surface area contributed by atoms with Gasteiger partial charge in [0.15, 0.2) is 0 Å². The van der Waals surface area contributed by atoms with Gasteiger partial charge in [0.05, 0.1) is 0 Å². The molecule has 1 unspecified atom stereocenters. The quantitative estimate of drug-likeness (QED) is 0.841. The Labute approximate surface area is 127 Å². The molecule has 1 amide bonds. The molecule has 0 aromatic carbocycles. The lowest BCUT2D eigenvalue weighted by molar-refractivity contribution is -0.146. The Kier molecular flexibility index (Phi) is 6.49. The highest BCUT2D eigenvalue weighted by atomic mass is 16.6. The summed E-state index contributed by atoms with van der Waals surface area (Å²) in [6, 6.07) is -0.764. The van der Waals surface area contributed by atoms with Crippen molar-refractivity contribution in [3.8, 4) is 0 Å². The Bertz CT molecular complexity index is 356. The van der Waals surface area contributed by atoms with Gasteiger partial charge in [-0.1, -0.05) is 26.2 Å². The van der Waals surface area contributed by atoms with Crippen molar-refractivity contribution in [1.82, 2.24) is 4.90 Å². The highest BCUT2D eigenvalue weighted by Gasteiger charge is 2.38. The Morgan fingerprint density at radius 1 is 1.24 bits per heavy atom. The van der Waals surface area contributed by atoms with Crippen LogP contribution in [-0.4, -0.2) is 40.3 Å². The van der Waals surface area contributed by atoms with Gasteiger partial charge in [0.2, 0.25) is 0 Å². The summed E-state index contributed by atoms with van der Waals surface area (Å²) in [5, 5.41) is 9.62. The Morgan fingerprint density at radius 2 is 1.81 bits per heavy atom. The number of aliphatic carboxylic acids is 1. The first-order chi connectivity index (χ1) is 9.76. The molecule has 0 heterocycles. The molecule has 5 nitrogen and oxygen atoms in total. The molecule has 0 aromatic heterocycles. The predicted molar refractivity (Wildman–Crippen MR) is 81.2 cm³/mol. The second kappa shape index (κ2) is 7.66. The largest absolute Gasteiger partial charge is 0.480 e. The fourth-order valence-corrected chi connectivity index (χ4v) is 2.94. The zero-order valence-corrected chi connectivity index (χ0v) is 13.7. The van der Waals surface area contributed by atoms with E-state index >= 15 is 0 Å². The van der Waals surface area contributed by atoms with Crippen molar-refractivity contribution in [1.29, 1.82) is 0 Å². The van der Waals surface area contributed by atoms with E-state index < -0.39 is 23.7 Å². The molecule has 1 atom stereocenters. The van der Waals surface area contributed by atoms with Crippen molar-refractivity contribution in [2.24, 2.45) is 5.92 Å². The second-order valence-corrected chi connectivity index (χ2v) is 6.85. The Morgan fingerprint density at radius 3 is 2.24 bits per heavy atom. The van der Waals surface area contributed by atoms with Crippen LogP contribution in [0.15, 0.2) is 0 Å². The molecule has 122 valence electrons. The van der Waals surface area contributed by atoms with Crippen LogP contribution in [0.5, 0.6) is 0 Å². The normalized spacial score (nSPS) is 18.1. The third-order valence-electron chi connectivity index (χ3n) is 3.78. The number of carboxylic acids is 1. The molecule has 1 rings (SSSR count). The first kappa shape index (κ1) is 17.8. The van der Waals surface area contributed by atoms with E-state index in [0.717, 1.165) is 38.5 Å². The summed E-state index contributed by atoms with van der Waals surface area (Å²) in [6.45, 7) is 7.75. The molecular formula is C16H29NO4. The van der Waals surface area contributed by atoms with Crippen LogP contribution in [0.1, 0.15) is 66.2 Å². The lowest BCUT2D eigenvalue weighted by Gasteiger charge is -2.36. The zero-order valence-electron chi connectivity index (χ0n) is 13.7. The van der Waals surface area contributed by atoms with Gasteiger partial charge in [-0.3, -0.25) is 4.90 Å². The molecule has 0 radical (unpaired) electrons. The van der Waals surface area contributed by atoms with E-state index in [9.17, 15) is 14.7 Å².